The van der Waals surface area contributed by atoms with Crippen LogP contribution in [0.25, 0.3) is 0 Å². The van der Waals surface area contributed by atoms with E-state index < -0.39 is 6.04 Å². The van der Waals surface area contributed by atoms with Crippen LogP contribution in [0.1, 0.15) is 31.2 Å². The van der Waals surface area contributed by atoms with E-state index >= 15 is 0 Å². The molecule has 2 heterocycles. The average Bonchev–Trinajstić information content (AvgIpc) is 3.14. The van der Waals surface area contributed by atoms with Crippen LogP contribution in [0.2, 0.25) is 0 Å². The third-order valence-electron chi connectivity index (χ3n) is 4.30. The molecular formula is C17H26N6O3. The Bertz CT molecular complexity index is 670. The summed E-state index contributed by atoms with van der Waals surface area (Å²) in [4.78, 5) is 4.32. The van der Waals surface area contributed by atoms with Gasteiger partial charge in [0.1, 0.15) is 5.82 Å². The fourth-order valence-corrected chi connectivity index (χ4v) is 3.03. The molecule has 0 spiro atoms. The molecule has 2 aromatic rings. The number of aromatic nitrogens is 5. The lowest BCUT2D eigenvalue weighted by Gasteiger charge is -2.27. The first-order chi connectivity index (χ1) is 12.5. The zero-order valence-electron chi connectivity index (χ0n) is 15.0. The number of nitrogens with zero attached hydrogens (tertiary/aromatic N) is 4. The van der Waals surface area contributed by atoms with Gasteiger partial charge >= 0.3 is 0 Å². The summed E-state index contributed by atoms with van der Waals surface area (Å²) in [5, 5.41) is 45.5. The molecule has 0 saturated carbocycles. The molecule has 0 bridgehead atoms. The van der Waals surface area contributed by atoms with Gasteiger partial charge in [-0.3, -0.25) is 0 Å². The summed E-state index contributed by atoms with van der Waals surface area (Å²) in [7, 11) is 0. The number of allylic oxidation sites excluding steroid dienone is 1. The Labute approximate surface area is 152 Å². The maximum Gasteiger partial charge on any atom is 0.178 e. The summed E-state index contributed by atoms with van der Waals surface area (Å²) in [5.74, 6) is 0.884. The number of nitrogens with one attached hydrogen (secondary N) is 2. The van der Waals surface area contributed by atoms with Crippen molar-refractivity contribution in [1.29, 1.82) is 0 Å². The van der Waals surface area contributed by atoms with Gasteiger partial charge in [-0.05, 0) is 24.0 Å². The average molecular weight is 362 g/mol. The lowest BCUT2D eigenvalue weighted by atomic mass is 9.78. The van der Waals surface area contributed by atoms with E-state index in [0.29, 0.717) is 18.1 Å². The summed E-state index contributed by atoms with van der Waals surface area (Å²) < 4.78 is 0. The van der Waals surface area contributed by atoms with Crippen LogP contribution < -0.4 is 5.32 Å². The van der Waals surface area contributed by atoms with Gasteiger partial charge in [-0.25, -0.2) is 4.98 Å². The molecule has 0 unspecified atom stereocenters. The zero-order chi connectivity index (χ0) is 19.1. The Morgan fingerprint density at radius 1 is 1.27 bits per heavy atom. The molecule has 2 rings (SSSR count). The Kier molecular flexibility index (Phi) is 7.05. The van der Waals surface area contributed by atoms with E-state index in [-0.39, 0.29) is 36.7 Å². The summed E-state index contributed by atoms with van der Waals surface area (Å²) in [6.45, 7) is 7.36. The van der Waals surface area contributed by atoms with Crippen molar-refractivity contribution < 1.29 is 15.3 Å². The Morgan fingerprint density at radius 2 is 2.00 bits per heavy atom. The van der Waals surface area contributed by atoms with Crippen LogP contribution in [0.3, 0.4) is 0 Å². The summed E-state index contributed by atoms with van der Waals surface area (Å²) in [6.07, 6.45) is 2.26. The SMILES string of the molecule is C=C(O)[C@@H](C(C)C)[C@H](Cc1ccc(NC(CO)CO)nc1)c1nn[nH]n1. The number of anilines is 1. The van der Waals surface area contributed by atoms with Crippen molar-refractivity contribution >= 4 is 5.82 Å². The van der Waals surface area contributed by atoms with Crippen LogP contribution in [-0.4, -0.2) is 60.2 Å². The van der Waals surface area contributed by atoms with Crippen LogP contribution in [0.15, 0.2) is 30.7 Å². The lowest BCUT2D eigenvalue weighted by molar-refractivity contribution is 0.203. The highest BCUT2D eigenvalue weighted by Crippen LogP contribution is 2.35. The molecule has 0 amide bonds. The van der Waals surface area contributed by atoms with Crippen molar-refractivity contribution in [3.05, 3.63) is 42.1 Å². The monoisotopic (exact) mass is 362 g/mol. The molecule has 5 N–H and O–H groups in total. The molecule has 9 nitrogen and oxygen atoms in total. The van der Waals surface area contributed by atoms with E-state index in [1.165, 1.54) is 0 Å². The zero-order valence-corrected chi connectivity index (χ0v) is 15.0. The first-order valence-corrected chi connectivity index (χ1v) is 8.50. The Hall–Kier alpha value is -2.52. The second kappa shape index (κ2) is 9.25. The van der Waals surface area contributed by atoms with E-state index in [4.69, 9.17) is 10.2 Å². The van der Waals surface area contributed by atoms with Gasteiger partial charge < -0.3 is 20.6 Å². The molecule has 0 aliphatic heterocycles. The van der Waals surface area contributed by atoms with Crippen molar-refractivity contribution in [1.82, 2.24) is 25.6 Å². The highest BCUT2D eigenvalue weighted by atomic mass is 16.3. The van der Waals surface area contributed by atoms with E-state index in [1.807, 2.05) is 19.9 Å². The van der Waals surface area contributed by atoms with Crippen molar-refractivity contribution in [2.45, 2.75) is 32.2 Å². The van der Waals surface area contributed by atoms with Gasteiger partial charge in [0.2, 0.25) is 0 Å². The predicted molar refractivity (Wildman–Crippen MR) is 96.5 cm³/mol. The van der Waals surface area contributed by atoms with Crippen molar-refractivity contribution in [3.8, 4) is 0 Å². The quantitative estimate of drug-likeness (QED) is 0.395. The summed E-state index contributed by atoms with van der Waals surface area (Å²) in [6, 6.07) is 3.22. The van der Waals surface area contributed by atoms with Crippen molar-refractivity contribution in [3.63, 3.8) is 0 Å². The van der Waals surface area contributed by atoms with Gasteiger partial charge in [0, 0.05) is 18.0 Å². The van der Waals surface area contributed by atoms with Gasteiger partial charge in [0.15, 0.2) is 5.82 Å². The summed E-state index contributed by atoms with van der Waals surface area (Å²) in [5.41, 5.74) is 0.932. The van der Waals surface area contributed by atoms with E-state index in [0.717, 1.165) is 5.56 Å². The number of hydrogen-bond donors (Lipinski definition) is 5. The molecule has 9 heteroatoms. The molecule has 0 fully saturated rings. The van der Waals surface area contributed by atoms with Crippen molar-refractivity contribution in [2.75, 3.05) is 18.5 Å². The Balaban J connectivity index is 2.19. The van der Waals surface area contributed by atoms with Gasteiger partial charge in [-0.1, -0.05) is 31.7 Å². The van der Waals surface area contributed by atoms with Crippen molar-refractivity contribution in [2.24, 2.45) is 11.8 Å². The molecule has 0 aromatic carbocycles. The molecule has 2 atom stereocenters. The normalized spacial score (nSPS) is 13.8. The summed E-state index contributed by atoms with van der Waals surface area (Å²) >= 11 is 0. The second-order valence-electron chi connectivity index (χ2n) is 6.60. The first kappa shape index (κ1) is 19.8. The molecule has 0 radical (unpaired) electrons. The molecule has 0 aliphatic carbocycles. The van der Waals surface area contributed by atoms with Gasteiger partial charge in [-0.15, -0.1) is 10.2 Å². The third kappa shape index (κ3) is 4.99. The predicted octanol–water partition coefficient (Wildman–Crippen LogP) is 1.03. The van der Waals surface area contributed by atoms with Crippen LogP contribution in [0, 0.1) is 11.8 Å². The number of rotatable bonds is 10. The Morgan fingerprint density at radius 3 is 2.46 bits per heavy atom. The van der Waals surface area contributed by atoms with E-state index in [2.05, 4.69) is 37.5 Å². The number of H-pyrrole nitrogens is 1. The minimum Gasteiger partial charge on any atom is -0.513 e. The van der Waals surface area contributed by atoms with Crippen LogP contribution in [0.4, 0.5) is 5.82 Å². The second-order valence-corrected chi connectivity index (χ2v) is 6.60. The number of aliphatic hydroxyl groups excluding tert-OH is 3. The lowest BCUT2D eigenvalue weighted by Crippen LogP contribution is -2.28. The standard InChI is InChI=1S/C17H26N6O3/c1-10(2)16(11(3)26)14(17-20-22-23-21-17)6-12-4-5-15(18-7-12)19-13(8-24)9-25/h4-5,7,10,13-14,16,24-26H,3,6,8-9H2,1-2H3,(H,18,19)(H,20,21,22,23)/t14-,16+/m0/s1. The highest BCUT2D eigenvalue weighted by Gasteiger charge is 2.31. The maximum absolute atomic E-state index is 10.1. The minimum atomic E-state index is -0.455. The molecule has 0 aliphatic rings. The molecular weight excluding hydrogens is 336 g/mol. The van der Waals surface area contributed by atoms with E-state index in [1.54, 1.807) is 12.3 Å². The van der Waals surface area contributed by atoms with Gasteiger partial charge in [0.05, 0.1) is 25.0 Å². The topological polar surface area (TPSA) is 140 Å². The smallest absolute Gasteiger partial charge is 0.178 e. The number of tetrazole rings is 1. The fourth-order valence-electron chi connectivity index (χ4n) is 3.03. The fraction of sp³-hybridized carbons (Fsp3) is 0.529. The van der Waals surface area contributed by atoms with Crippen LogP contribution in [-0.2, 0) is 6.42 Å². The number of aliphatic hydroxyl groups is 3. The molecule has 2 aromatic heterocycles. The third-order valence-corrected chi connectivity index (χ3v) is 4.30. The van der Waals surface area contributed by atoms with Crippen LogP contribution >= 0.6 is 0 Å². The highest BCUT2D eigenvalue weighted by molar-refractivity contribution is 5.37. The molecule has 0 saturated heterocycles. The van der Waals surface area contributed by atoms with Gasteiger partial charge in [-0.2, -0.15) is 5.21 Å². The minimum absolute atomic E-state index is 0.0924. The van der Waals surface area contributed by atoms with E-state index in [9.17, 15) is 5.11 Å². The molecule has 142 valence electrons. The number of hydrogen-bond acceptors (Lipinski definition) is 8. The number of pyridine rings is 1. The van der Waals surface area contributed by atoms with Crippen LogP contribution in [0.5, 0.6) is 0 Å². The maximum atomic E-state index is 10.1. The molecule has 26 heavy (non-hydrogen) atoms. The van der Waals surface area contributed by atoms with Gasteiger partial charge in [0.25, 0.3) is 0 Å². The number of aromatic amines is 1. The first-order valence-electron chi connectivity index (χ1n) is 8.50. The largest absolute Gasteiger partial charge is 0.513 e.